The van der Waals surface area contributed by atoms with Crippen molar-refractivity contribution in [3.05, 3.63) is 68.3 Å². The minimum atomic E-state index is -0.628. The van der Waals surface area contributed by atoms with Gasteiger partial charge in [0.1, 0.15) is 5.69 Å². The van der Waals surface area contributed by atoms with E-state index in [4.69, 9.17) is 0 Å². The van der Waals surface area contributed by atoms with Crippen molar-refractivity contribution in [1.29, 1.82) is 0 Å². The number of carbonyl (C=O) groups excluding carboxylic acids is 1. The molecule has 0 aliphatic heterocycles. The van der Waals surface area contributed by atoms with Gasteiger partial charge in [0.05, 0.1) is 28.5 Å². The third kappa shape index (κ3) is 3.51. The van der Waals surface area contributed by atoms with Crippen molar-refractivity contribution in [3.63, 3.8) is 0 Å². The molecule has 2 aromatic heterocycles. The first-order chi connectivity index (χ1) is 13.2. The zero-order valence-corrected chi connectivity index (χ0v) is 16.5. The van der Waals surface area contributed by atoms with Crippen molar-refractivity contribution in [1.82, 2.24) is 19.6 Å². The first-order valence-corrected chi connectivity index (χ1v) is 8.78. The van der Waals surface area contributed by atoms with Gasteiger partial charge in [-0.05, 0) is 33.3 Å². The average molecular weight is 382 g/mol. The summed E-state index contributed by atoms with van der Waals surface area (Å²) in [5.41, 5.74) is 4.01. The van der Waals surface area contributed by atoms with Crippen LogP contribution in [0.2, 0.25) is 0 Å². The van der Waals surface area contributed by atoms with E-state index in [2.05, 4.69) is 21.6 Å². The summed E-state index contributed by atoms with van der Waals surface area (Å²) in [6, 6.07) is 8.11. The van der Waals surface area contributed by atoms with Crippen molar-refractivity contribution in [3.8, 4) is 0 Å². The topological polar surface area (TPSA) is 108 Å². The summed E-state index contributed by atoms with van der Waals surface area (Å²) in [5, 5.41) is 22.6. The summed E-state index contributed by atoms with van der Waals surface area (Å²) in [6.45, 7) is 7.78. The number of benzene rings is 1. The first-order valence-electron chi connectivity index (χ1n) is 8.78. The van der Waals surface area contributed by atoms with Crippen molar-refractivity contribution >= 4 is 17.3 Å². The molecule has 0 atom stereocenters. The van der Waals surface area contributed by atoms with Crippen LogP contribution in [-0.2, 0) is 13.6 Å². The number of amides is 1. The molecular weight excluding hydrogens is 360 g/mol. The van der Waals surface area contributed by atoms with Gasteiger partial charge in [-0.2, -0.15) is 10.2 Å². The minimum absolute atomic E-state index is 0.213. The molecule has 0 spiro atoms. The fraction of sp³-hybridized carbons (Fsp3) is 0.316. The van der Waals surface area contributed by atoms with Crippen LogP contribution < -0.4 is 5.32 Å². The summed E-state index contributed by atoms with van der Waals surface area (Å²) in [4.78, 5) is 23.4. The van der Waals surface area contributed by atoms with Gasteiger partial charge in [0.25, 0.3) is 5.91 Å². The highest BCUT2D eigenvalue weighted by Gasteiger charge is 2.30. The van der Waals surface area contributed by atoms with E-state index < -0.39 is 10.8 Å². The molecule has 0 fully saturated rings. The lowest BCUT2D eigenvalue weighted by Crippen LogP contribution is -2.16. The monoisotopic (exact) mass is 382 g/mol. The molecule has 0 radical (unpaired) electrons. The van der Waals surface area contributed by atoms with Crippen LogP contribution in [0, 0.1) is 37.8 Å². The van der Waals surface area contributed by atoms with Crippen LogP contribution in [0.25, 0.3) is 0 Å². The lowest BCUT2D eigenvalue weighted by atomic mass is 10.1. The molecule has 0 aliphatic rings. The average Bonchev–Trinajstić information content (AvgIpc) is 3.06. The minimum Gasteiger partial charge on any atom is -0.317 e. The highest BCUT2D eigenvalue weighted by Crippen LogP contribution is 2.25. The van der Waals surface area contributed by atoms with E-state index in [9.17, 15) is 14.9 Å². The van der Waals surface area contributed by atoms with Gasteiger partial charge in [0.15, 0.2) is 0 Å². The maximum Gasteiger partial charge on any atom is 0.322 e. The molecule has 146 valence electrons. The van der Waals surface area contributed by atoms with Crippen LogP contribution in [0.5, 0.6) is 0 Å². The highest BCUT2D eigenvalue weighted by atomic mass is 16.6. The number of hydrogen-bond donors (Lipinski definition) is 1. The number of nitro groups is 1. The van der Waals surface area contributed by atoms with Gasteiger partial charge in [-0.3, -0.25) is 24.3 Å². The van der Waals surface area contributed by atoms with E-state index >= 15 is 0 Å². The zero-order chi connectivity index (χ0) is 20.6. The number of hydrogen-bond acceptors (Lipinski definition) is 5. The molecule has 0 unspecified atom stereocenters. The van der Waals surface area contributed by atoms with E-state index in [1.54, 1.807) is 25.6 Å². The Labute approximate surface area is 162 Å². The van der Waals surface area contributed by atoms with Gasteiger partial charge >= 0.3 is 5.69 Å². The van der Waals surface area contributed by atoms with Crippen molar-refractivity contribution in [2.45, 2.75) is 34.2 Å². The molecule has 1 aromatic carbocycles. The van der Waals surface area contributed by atoms with Crippen molar-refractivity contribution in [2.75, 3.05) is 5.32 Å². The Balaban J connectivity index is 1.90. The zero-order valence-electron chi connectivity index (χ0n) is 16.5. The first kappa shape index (κ1) is 19.3. The number of aryl methyl sites for hydroxylation is 3. The number of aromatic nitrogens is 4. The smallest absolute Gasteiger partial charge is 0.317 e. The Hall–Kier alpha value is -3.49. The number of anilines is 1. The quantitative estimate of drug-likeness (QED) is 0.539. The summed E-state index contributed by atoms with van der Waals surface area (Å²) >= 11 is 0. The lowest BCUT2D eigenvalue weighted by molar-refractivity contribution is -0.385. The second kappa shape index (κ2) is 7.26. The predicted octanol–water partition coefficient (Wildman–Crippen LogP) is 3.06. The molecule has 3 rings (SSSR count). The van der Waals surface area contributed by atoms with Gasteiger partial charge in [-0.25, -0.2) is 0 Å². The van der Waals surface area contributed by atoms with Gasteiger partial charge in [0, 0.05) is 7.05 Å². The fourth-order valence-electron chi connectivity index (χ4n) is 3.16. The molecule has 0 saturated heterocycles. The van der Waals surface area contributed by atoms with E-state index in [1.807, 2.05) is 32.0 Å². The number of rotatable bonds is 5. The number of nitrogens with zero attached hydrogens (tertiary/aromatic N) is 5. The SMILES string of the molecule is Cc1cccc(Cn2nc(C)c(NC(=O)c3nn(C)c(C)c3[N+](=O)[O-])c2C)c1. The molecular formula is C19H22N6O3. The van der Waals surface area contributed by atoms with Gasteiger partial charge in [-0.1, -0.05) is 29.8 Å². The van der Waals surface area contributed by atoms with Crippen molar-refractivity contribution < 1.29 is 9.72 Å². The molecule has 0 bridgehead atoms. The maximum absolute atomic E-state index is 12.7. The molecule has 1 amide bonds. The van der Waals surface area contributed by atoms with E-state index in [1.165, 1.54) is 4.68 Å². The van der Waals surface area contributed by atoms with Crippen LogP contribution in [0.1, 0.15) is 38.7 Å². The van der Waals surface area contributed by atoms with Crippen LogP contribution >= 0.6 is 0 Å². The standard InChI is InChI=1S/C19H22N6O3/c1-11-7-6-8-15(9-11)10-24-13(3)16(12(2)21-24)20-19(26)17-18(25(27)28)14(4)23(5)22-17/h6-9H,10H2,1-5H3,(H,20,26). The van der Waals surface area contributed by atoms with Crippen LogP contribution in [-0.4, -0.2) is 30.4 Å². The maximum atomic E-state index is 12.7. The third-order valence-electron chi connectivity index (χ3n) is 4.73. The second-order valence-electron chi connectivity index (χ2n) is 6.81. The predicted molar refractivity (Wildman–Crippen MR) is 105 cm³/mol. The molecule has 9 heteroatoms. The van der Waals surface area contributed by atoms with Crippen molar-refractivity contribution in [2.24, 2.45) is 7.05 Å². The third-order valence-corrected chi connectivity index (χ3v) is 4.73. The molecule has 3 aromatic rings. The Morgan fingerprint density at radius 1 is 1.18 bits per heavy atom. The van der Waals surface area contributed by atoms with Gasteiger partial charge < -0.3 is 5.32 Å². The largest absolute Gasteiger partial charge is 0.322 e. The summed E-state index contributed by atoms with van der Waals surface area (Å²) in [6.07, 6.45) is 0. The lowest BCUT2D eigenvalue weighted by Gasteiger charge is -2.07. The van der Waals surface area contributed by atoms with Gasteiger partial charge in [-0.15, -0.1) is 0 Å². The normalized spacial score (nSPS) is 10.9. The van der Waals surface area contributed by atoms with Gasteiger partial charge in [0.2, 0.25) is 5.69 Å². The van der Waals surface area contributed by atoms with E-state index in [-0.39, 0.29) is 11.4 Å². The van der Waals surface area contributed by atoms with Crippen LogP contribution in [0.3, 0.4) is 0 Å². The fourth-order valence-corrected chi connectivity index (χ4v) is 3.16. The van der Waals surface area contributed by atoms with E-state index in [0.717, 1.165) is 16.8 Å². The highest BCUT2D eigenvalue weighted by molar-refractivity contribution is 6.06. The molecule has 0 saturated carbocycles. The summed E-state index contributed by atoms with van der Waals surface area (Å²) in [7, 11) is 1.56. The van der Waals surface area contributed by atoms with Crippen LogP contribution in [0.4, 0.5) is 11.4 Å². The number of carbonyl (C=O) groups is 1. The summed E-state index contributed by atoms with van der Waals surface area (Å²) < 4.78 is 3.13. The Morgan fingerprint density at radius 3 is 2.54 bits per heavy atom. The molecule has 1 N–H and O–H groups in total. The Kier molecular flexibility index (Phi) is 5.00. The Bertz CT molecular complexity index is 1080. The number of nitrogens with one attached hydrogen (secondary N) is 1. The molecule has 9 nitrogen and oxygen atoms in total. The summed E-state index contributed by atoms with van der Waals surface area (Å²) in [5.74, 6) is -0.628. The molecule has 28 heavy (non-hydrogen) atoms. The van der Waals surface area contributed by atoms with Crippen LogP contribution in [0.15, 0.2) is 24.3 Å². The van der Waals surface area contributed by atoms with E-state index in [0.29, 0.717) is 23.6 Å². The molecule has 2 heterocycles. The second-order valence-corrected chi connectivity index (χ2v) is 6.81. The Morgan fingerprint density at radius 2 is 1.89 bits per heavy atom. The molecule has 0 aliphatic carbocycles.